The second-order valence-corrected chi connectivity index (χ2v) is 11.1. The zero-order valence-corrected chi connectivity index (χ0v) is 23.2. The lowest BCUT2D eigenvalue weighted by molar-refractivity contribution is 0.0277. The van der Waals surface area contributed by atoms with Crippen LogP contribution in [0.3, 0.4) is 0 Å². The molecular weight excluding hydrogens is 509 g/mol. The first-order valence-electron chi connectivity index (χ1n) is 12.5. The number of amides is 2. The summed E-state index contributed by atoms with van der Waals surface area (Å²) in [6.45, 7) is 8.95. The van der Waals surface area contributed by atoms with Crippen LogP contribution in [0.2, 0.25) is 0 Å². The molecule has 0 spiro atoms. The van der Waals surface area contributed by atoms with Crippen LogP contribution in [0.1, 0.15) is 56.1 Å². The van der Waals surface area contributed by atoms with Crippen molar-refractivity contribution in [3.63, 3.8) is 0 Å². The van der Waals surface area contributed by atoms with Gasteiger partial charge in [0.2, 0.25) is 0 Å². The molecule has 1 heterocycles. The number of halogens is 1. The van der Waals surface area contributed by atoms with E-state index in [-0.39, 0.29) is 43.1 Å². The predicted octanol–water partition coefficient (Wildman–Crippen LogP) is 4.11. The van der Waals surface area contributed by atoms with Crippen LogP contribution in [0.4, 0.5) is 9.18 Å². The van der Waals surface area contributed by atoms with Crippen LogP contribution in [0, 0.1) is 11.7 Å². The van der Waals surface area contributed by atoms with E-state index >= 15 is 4.39 Å². The number of aliphatic hydroxyl groups is 1. The first-order valence-corrected chi connectivity index (χ1v) is 12.9. The molecule has 2 amide bonds. The van der Waals surface area contributed by atoms with E-state index in [2.05, 4.69) is 10.6 Å². The summed E-state index contributed by atoms with van der Waals surface area (Å²) in [5.41, 5.74) is -0.801. The summed E-state index contributed by atoms with van der Waals surface area (Å²) >= 11 is 5.49. The molecule has 3 N–H and O–H groups in total. The maximum absolute atomic E-state index is 15.5. The Morgan fingerprint density at radius 2 is 1.89 bits per heavy atom. The van der Waals surface area contributed by atoms with Gasteiger partial charge in [-0.1, -0.05) is 24.3 Å². The Bertz CT molecular complexity index is 1150. The molecule has 38 heavy (non-hydrogen) atoms. The number of thiocarbonyl (C=S) groups is 1. The van der Waals surface area contributed by atoms with E-state index in [1.165, 1.54) is 11.0 Å². The van der Waals surface area contributed by atoms with Crippen molar-refractivity contribution in [3.05, 3.63) is 71.0 Å². The van der Waals surface area contributed by atoms with Crippen LogP contribution in [-0.2, 0) is 21.6 Å². The number of aliphatic hydroxyl groups excluding tert-OH is 1. The number of nitrogens with one attached hydrogen (secondary N) is 2. The first-order chi connectivity index (χ1) is 17.8. The van der Waals surface area contributed by atoms with Gasteiger partial charge in [-0.3, -0.25) is 10.1 Å². The van der Waals surface area contributed by atoms with Crippen LogP contribution in [0.5, 0.6) is 0 Å². The highest BCUT2D eigenvalue weighted by Gasteiger charge is 2.51. The second kappa shape index (κ2) is 12.2. The minimum atomic E-state index is -1.36. The van der Waals surface area contributed by atoms with E-state index in [0.717, 1.165) is 0 Å². The average Bonchev–Trinajstić information content (AvgIpc) is 3.22. The molecule has 0 radical (unpaired) electrons. The Hall–Kier alpha value is -3.08. The molecule has 0 aliphatic carbocycles. The van der Waals surface area contributed by atoms with Crippen LogP contribution >= 0.6 is 12.2 Å². The summed E-state index contributed by atoms with van der Waals surface area (Å²) in [5, 5.41) is 16.1. The van der Waals surface area contributed by atoms with Crippen molar-refractivity contribution in [1.29, 1.82) is 0 Å². The zero-order valence-electron chi connectivity index (χ0n) is 22.4. The summed E-state index contributed by atoms with van der Waals surface area (Å²) in [4.78, 5) is 27.2. The minimum Gasteiger partial charge on any atom is -0.444 e. The SMILES string of the molecule is CC(C)OCc1ccc(F)c([C@]2(NC(=S)NC(=O)c3ccccc3)CN(C(=O)OC(C)(C)C)C[C@H]2CO)c1. The number of nitrogens with zero attached hydrogens (tertiary/aromatic N) is 1. The number of likely N-dealkylation sites (tertiary alicyclic amines) is 1. The van der Waals surface area contributed by atoms with Gasteiger partial charge >= 0.3 is 6.09 Å². The van der Waals surface area contributed by atoms with Gasteiger partial charge in [-0.05, 0) is 76.7 Å². The fourth-order valence-corrected chi connectivity index (χ4v) is 4.65. The summed E-state index contributed by atoms with van der Waals surface area (Å²) in [6.07, 6.45) is -0.630. The summed E-state index contributed by atoms with van der Waals surface area (Å²) in [6, 6.07) is 13.1. The molecule has 1 aliphatic rings. The maximum Gasteiger partial charge on any atom is 0.410 e. The normalized spacial score (nSPS) is 19.4. The summed E-state index contributed by atoms with van der Waals surface area (Å²) in [5.74, 6) is -1.66. The monoisotopic (exact) mass is 545 g/mol. The van der Waals surface area contributed by atoms with Crippen LogP contribution < -0.4 is 10.6 Å². The van der Waals surface area contributed by atoms with Gasteiger partial charge in [-0.25, -0.2) is 9.18 Å². The van der Waals surface area contributed by atoms with Crippen molar-refractivity contribution in [2.24, 2.45) is 5.92 Å². The molecule has 0 saturated carbocycles. The molecule has 1 aliphatic heterocycles. The van der Waals surface area contributed by atoms with Crippen molar-refractivity contribution in [1.82, 2.24) is 15.5 Å². The molecule has 2 aromatic rings. The number of hydrogen-bond acceptors (Lipinski definition) is 6. The fraction of sp³-hybridized carbons (Fsp3) is 0.464. The van der Waals surface area contributed by atoms with Gasteiger partial charge in [0, 0.05) is 23.6 Å². The minimum absolute atomic E-state index is 0.0318. The molecular formula is C28H36FN3O5S. The van der Waals surface area contributed by atoms with Crippen molar-refractivity contribution in [3.8, 4) is 0 Å². The highest BCUT2D eigenvalue weighted by Crippen LogP contribution is 2.39. The van der Waals surface area contributed by atoms with Crippen molar-refractivity contribution in [2.45, 2.75) is 58.5 Å². The lowest BCUT2D eigenvalue weighted by atomic mass is 9.80. The second-order valence-electron chi connectivity index (χ2n) is 10.7. The molecule has 0 bridgehead atoms. The van der Waals surface area contributed by atoms with Gasteiger partial charge in [0.05, 0.1) is 31.4 Å². The maximum atomic E-state index is 15.5. The van der Waals surface area contributed by atoms with Crippen molar-refractivity contribution in [2.75, 3.05) is 19.7 Å². The smallest absolute Gasteiger partial charge is 0.410 e. The Labute approximate surface area is 228 Å². The molecule has 206 valence electrons. The first kappa shape index (κ1) is 29.5. The number of carbonyl (C=O) groups is 2. The third kappa shape index (κ3) is 7.27. The van der Waals surface area contributed by atoms with Crippen LogP contribution in [0.25, 0.3) is 0 Å². The molecule has 10 heteroatoms. The lowest BCUT2D eigenvalue weighted by Crippen LogP contribution is -2.56. The fourth-order valence-electron chi connectivity index (χ4n) is 4.38. The van der Waals surface area contributed by atoms with Crippen LogP contribution in [0.15, 0.2) is 48.5 Å². The quantitative estimate of drug-likeness (QED) is 0.451. The number of ether oxygens (including phenoxy) is 2. The zero-order chi connectivity index (χ0) is 28.1. The van der Waals surface area contributed by atoms with Crippen molar-refractivity contribution >= 4 is 29.3 Å². The van der Waals surface area contributed by atoms with Gasteiger partial charge in [0.25, 0.3) is 5.91 Å². The Morgan fingerprint density at radius 1 is 1.21 bits per heavy atom. The molecule has 0 aromatic heterocycles. The predicted molar refractivity (Wildman–Crippen MR) is 146 cm³/mol. The number of rotatable bonds is 7. The Kier molecular flexibility index (Phi) is 9.45. The largest absolute Gasteiger partial charge is 0.444 e. The third-order valence-corrected chi connectivity index (χ3v) is 6.35. The number of carbonyl (C=O) groups excluding carboxylic acids is 2. The molecule has 3 rings (SSSR count). The highest BCUT2D eigenvalue weighted by molar-refractivity contribution is 7.80. The van der Waals surface area contributed by atoms with Gasteiger partial charge in [-0.15, -0.1) is 0 Å². The van der Waals surface area contributed by atoms with E-state index in [4.69, 9.17) is 21.7 Å². The van der Waals surface area contributed by atoms with Gasteiger partial charge in [0.15, 0.2) is 5.11 Å². The summed E-state index contributed by atoms with van der Waals surface area (Å²) in [7, 11) is 0. The molecule has 0 unspecified atom stereocenters. The van der Waals surface area contributed by atoms with E-state index < -0.39 is 34.9 Å². The third-order valence-electron chi connectivity index (χ3n) is 6.14. The van der Waals surface area contributed by atoms with E-state index in [9.17, 15) is 14.7 Å². The Morgan fingerprint density at radius 3 is 2.50 bits per heavy atom. The van der Waals surface area contributed by atoms with E-state index in [1.54, 1.807) is 63.2 Å². The van der Waals surface area contributed by atoms with E-state index in [1.807, 2.05) is 13.8 Å². The molecule has 2 atom stereocenters. The molecule has 8 nitrogen and oxygen atoms in total. The Balaban J connectivity index is 2.00. The number of benzene rings is 2. The standard InChI is InChI=1S/C28H36FN3O5S/c1-18(2)36-16-19-11-12-23(29)22(13-19)28(31-25(38)30-24(34)20-9-7-6-8-10-20)17-32(14-21(28)15-33)26(35)37-27(3,4)5/h6-13,18,21,33H,14-17H2,1-5H3,(H2,30,31,34,38)/t21-,28-/m0/s1. The molecule has 1 saturated heterocycles. The molecule has 1 fully saturated rings. The number of hydrogen-bond donors (Lipinski definition) is 3. The highest BCUT2D eigenvalue weighted by atomic mass is 32.1. The van der Waals surface area contributed by atoms with Crippen molar-refractivity contribution < 1.29 is 28.6 Å². The van der Waals surface area contributed by atoms with Gasteiger partial charge in [0.1, 0.15) is 11.4 Å². The topological polar surface area (TPSA) is 100 Å². The van der Waals surface area contributed by atoms with Crippen LogP contribution in [-0.4, -0.2) is 58.5 Å². The summed E-state index contributed by atoms with van der Waals surface area (Å²) < 4.78 is 26.8. The van der Waals surface area contributed by atoms with E-state index in [0.29, 0.717) is 11.1 Å². The molecule has 2 aromatic carbocycles. The van der Waals surface area contributed by atoms with Gasteiger partial charge < -0.3 is 24.8 Å². The van der Waals surface area contributed by atoms with Gasteiger partial charge in [-0.2, -0.15) is 0 Å². The average molecular weight is 546 g/mol. The lowest BCUT2D eigenvalue weighted by Gasteiger charge is -2.37.